The van der Waals surface area contributed by atoms with Gasteiger partial charge in [-0.25, -0.2) is 5.14 Å². The molecule has 1 aromatic carbocycles. The van der Waals surface area contributed by atoms with Crippen LogP contribution in [-0.2, 0) is 10.2 Å². The molecular formula is C8H15N3O3S. The molecule has 0 spiro atoms. The van der Waals surface area contributed by atoms with Crippen LogP contribution in [0, 0.1) is 0 Å². The molecule has 0 radical (unpaired) electrons. The van der Waals surface area contributed by atoms with Crippen LogP contribution in [0.1, 0.15) is 6.92 Å². The van der Waals surface area contributed by atoms with Gasteiger partial charge in [0.05, 0.1) is 0 Å². The maximum absolute atomic E-state index is 9.95. The number of hydrogen-bond donors (Lipinski definition) is 4. The van der Waals surface area contributed by atoms with Gasteiger partial charge in [-0.05, 0) is 19.1 Å². The minimum atomic E-state index is -3.72. The zero-order valence-electron chi connectivity index (χ0n) is 8.29. The average Bonchev–Trinajstić information content (AvgIpc) is 2.01. The van der Waals surface area contributed by atoms with E-state index in [9.17, 15) is 8.42 Å². The van der Waals surface area contributed by atoms with E-state index in [2.05, 4.69) is 5.14 Å². The summed E-state index contributed by atoms with van der Waals surface area (Å²) in [5, 5.41) is 12.8. The van der Waals surface area contributed by atoms with Gasteiger partial charge in [-0.2, -0.15) is 13.1 Å². The molecule has 0 aromatic heterocycles. The van der Waals surface area contributed by atoms with Crippen molar-refractivity contribution in [3.8, 4) is 0 Å². The number of aliphatic hydroxyl groups is 1. The summed E-state index contributed by atoms with van der Waals surface area (Å²) in [6, 6.07) is 9.49. The zero-order valence-corrected chi connectivity index (χ0v) is 9.11. The van der Waals surface area contributed by atoms with Gasteiger partial charge in [0.1, 0.15) is 6.23 Å². The van der Waals surface area contributed by atoms with Gasteiger partial charge < -0.3 is 10.8 Å². The van der Waals surface area contributed by atoms with Crippen LogP contribution in [0.15, 0.2) is 30.3 Å². The molecule has 7 heteroatoms. The van der Waals surface area contributed by atoms with E-state index in [4.69, 9.17) is 10.8 Å². The molecule has 0 saturated carbocycles. The largest absolute Gasteiger partial charge is 0.399 e. The molecule has 0 heterocycles. The Hall–Kier alpha value is -1.15. The van der Waals surface area contributed by atoms with Gasteiger partial charge >= 0.3 is 0 Å². The minimum Gasteiger partial charge on any atom is -0.399 e. The number of benzene rings is 1. The Morgan fingerprint density at radius 3 is 1.93 bits per heavy atom. The summed E-state index contributed by atoms with van der Waals surface area (Å²) < 4.78 is 21.6. The van der Waals surface area contributed by atoms with Gasteiger partial charge in [0.25, 0.3) is 10.2 Å². The molecule has 15 heavy (non-hydrogen) atoms. The highest BCUT2D eigenvalue weighted by Gasteiger charge is 2.02. The van der Waals surface area contributed by atoms with E-state index in [1.807, 2.05) is 30.3 Å². The standard InChI is InChI=1S/C6H7N.C2H8N2O3S/c7-6-4-2-1-3-5-6;1-2(5)4-8(3,6)7/h1-5H,7H2;2,4-5H,1H3,(H2,3,6,7). The van der Waals surface area contributed by atoms with Crippen molar-refractivity contribution in [1.29, 1.82) is 0 Å². The molecule has 0 amide bonds. The summed E-state index contributed by atoms with van der Waals surface area (Å²) in [6.07, 6.45) is -1.12. The highest BCUT2D eigenvalue weighted by Crippen LogP contribution is 1.95. The van der Waals surface area contributed by atoms with Crippen LogP contribution in [0.3, 0.4) is 0 Å². The Labute approximate surface area is 89.1 Å². The molecule has 1 unspecified atom stereocenters. The fourth-order valence-corrected chi connectivity index (χ4v) is 1.17. The van der Waals surface area contributed by atoms with Crippen LogP contribution >= 0.6 is 0 Å². The fourth-order valence-electron chi connectivity index (χ4n) is 0.691. The van der Waals surface area contributed by atoms with Crippen molar-refractivity contribution in [3.05, 3.63) is 30.3 Å². The molecule has 6 N–H and O–H groups in total. The van der Waals surface area contributed by atoms with Crippen molar-refractivity contribution >= 4 is 15.9 Å². The average molecular weight is 233 g/mol. The second-order valence-corrected chi connectivity index (χ2v) is 4.08. The maximum atomic E-state index is 9.95. The van der Waals surface area contributed by atoms with Crippen molar-refractivity contribution in [2.45, 2.75) is 13.2 Å². The van der Waals surface area contributed by atoms with Gasteiger partial charge in [0.2, 0.25) is 0 Å². The van der Waals surface area contributed by atoms with Crippen LogP contribution in [-0.4, -0.2) is 19.8 Å². The quantitative estimate of drug-likeness (QED) is 0.402. The highest BCUT2D eigenvalue weighted by atomic mass is 32.2. The molecule has 0 aliphatic carbocycles. The first-order valence-corrected chi connectivity index (χ1v) is 5.64. The smallest absolute Gasteiger partial charge is 0.276 e. The number of anilines is 1. The van der Waals surface area contributed by atoms with E-state index in [0.29, 0.717) is 0 Å². The van der Waals surface area contributed by atoms with Crippen molar-refractivity contribution in [1.82, 2.24) is 4.72 Å². The number of para-hydroxylation sites is 1. The molecule has 0 aliphatic heterocycles. The molecule has 0 saturated heterocycles. The van der Waals surface area contributed by atoms with Crippen LogP contribution < -0.4 is 15.6 Å². The fraction of sp³-hybridized carbons (Fsp3) is 0.250. The summed E-state index contributed by atoms with van der Waals surface area (Å²) in [5.74, 6) is 0. The van der Waals surface area contributed by atoms with Crippen LogP contribution in [0.4, 0.5) is 5.69 Å². The van der Waals surface area contributed by atoms with E-state index in [0.717, 1.165) is 5.69 Å². The molecule has 1 aromatic rings. The van der Waals surface area contributed by atoms with Gasteiger partial charge in [0, 0.05) is 5.69 Å². The third-order valence-electron chi connectivity index (χ3n) is 1.13. The Bertz CT molecular complexity index is 364. The third kappa shape index (κ3) is 10.8. The van der Waals surface area contributed by atoms with Gasteiger partial charge in [-0.3, -0.25) is 0 Å². The Kier molecular flexibility index (Phi) is 5.87. The maximum Gasteiger partial charge on any atom is 0.276 e. The van der Waals surface area contributed by atoms with Crippen LogP contribution in [0.25, 0.3) is 0 Å². The summed E-state index contributed by atoms with van der Waals surface area (Å²) in [7, 11) is -3.72. The predicted octanol–water partition coefficient (Wildman–Crippen LogP) is -0.613. The first-order chi connectivity index (χ1) is 6.81. The monoisotopic (exact) mass is 233 g/mol. The van der Waals surface area contributed by atoms with Crippen molar-refractivity contribution in [3.63, 3.8) is 0 Å². The zero-order chi connectivity index (χ0) is 11.9. The minimum absolute atomic E-state index is 0.822. The SMILES string of the molecule is CC(O)NS(N)(=O)=O.Nc1ccccc1. The topological polar surface area (TPSA) is 118 Å². The molecule has 0 fully saturated rings. The normalized spacial score (nSPS) is 12.5. The lowest BCUT2D eigenvalue weighted by Crippen LogP contribution is -2.37. The lowest BCUT2D eigenvalue weighted by atomic mass is 10.3. The lowest BCUT2D eigenvalue weighted by Gasteiger charge is -2.01. The molecular weight excluding hydrogens is 218 g/mol. The predicted molar refractivity (Wildman–Crippen MR) is 58.8 cm³/mol. The molecule has 6 nitrogen and oxygen atoms in total. The number of nitrogens with one attached hydrogen (secondary N) is 1. The first-order valence-electron chi connectivity index (χ1n) is 4.10. The number of aliphatic hydroxyl groups excluding tert-OH is 1. The second-order valence-electron chi connectivity index (χ2n) is 2.75. The van der Waals surface area contributed by atoms with E-state index in [1.54, 1.807) is 4.72 Å². The van der Waals surface area contributed by atoms with Crippen LogP contribution in [0.5, 0.6) is 0 Å². The third-order valence-corrected chi connectivity index (χ3v) is 1.80. The number of hydrogen-bond acceptors (Lipinski definition) is 4. The van der Waals surface area contributed by atoms with Crippen molar-refractivity contribution in [2.24, 2.45) is 5.14 Å². The van der Waals surface area contributed by atoms with Gasteiger partial charge in [0.15, 0.2) is 0 Å². The molecule has 1 atom stereocenters. The summed E-state index contributed by atoms with van der Waals surface area (Å²) in [4.78, 5) is 0. The molecule has 1 rings (SSSR count). The van der Waals surface area contributed by atoms with Crippen molar-refractivity contribution in [2.75, 3.05) is 5.73 Å². The Morgan fingerprint density at radius 2 is 1.80 bits per heavy atom. The summed E-state index contributed by atoms with van der Waals surface area (Å²) >= 11 is 0. The first kappa shape index (κ1) is 13.8. The van der Waals surface area contributed by atoms with E-state index < -0.39 is 16.4 Å². The lowest BCUT2D eigenvalue weighted by molar-refractivity contribution is 0.184. The van der Waals surface area contributed by atoms with Crippen molar-refractivity contribution < 1.29 is 13.5 Å². The highest BCUT2D eigenvalue weighted by molar-refractivity contribution is 7.87. The number of nitrogens with two attached hydrogens (primary N) is 2. The Morgan fingerprint density at radius 1 is 1.33 bits per heavy atom. The molecule has 0 aliphatic rings. The molecule has 86 valence electrons. The molecule has 0 bridgehead atoms. The van der Waals surface area contributed by atoms with Gasteiger partial charge in [-0.15, -0.1) is 0 Å². The number of nitrogen functional groups attached to an aromatic ring is 1. The summed E-state index contributed by atoms with van der Waals surface area (Å²) in [6.45, 7) is 1.25. The second kappa shape index (κ2) is 6.36. The van der Waals surface area contributed by atoms with E-state index in [1.165, 1.54) is 6.92 Å². The number of rotatable bonds is 2. The van der Waals surface area contributed by atoms with E-state index in [-0.39, 0.29) is 0 Å². The summed E-state index contributed by atoms with van der Waals surface area (Å²) in [5.41, 5.74) is 6.18. The van der Waals surface area contributed by atoms with Gasteiger partial charge in [-0.1, -0.05) is 18.2 Å². The Balaban J connectivity index is 0.000000262. The van der Waals surface area contributed by atoms with Crippen LogP contribution in [0.2, 0.25) is 0 Å². The van der Waals surface area contributed by atoms with E-state index >= 15 is 0 Å².